The molecule has 1 heterocycles. The standard InChI is InChI=1S/C17H24N4O/c1-6-21(17(22)16-11-13(2)18-20(16)5)12-14-7-9-15(10-8-14)19(3)4/h7-11H,6,12H2,1-5H3. The second kappa shape index (κ2) is 6.64. The zero-order chi connectivity index (χ0) is 16.3. The molecule has 0 aliphatic rings. The molecule has 0 aliphatic heterocycles. The van der Waals surface area contributed by atoms with Crippen LogP contribution in [0, 0.1) is 6.92 Å². The van der Waals surface area contributed by atoms with E-state index in [1.165, 1.54) is 0 Å². The first-order chi connectivity index (χ1) is 10.4. The molecule has 0 N–H and O–H groups in total. The van der Waals surface area contributed by atoms with E-state index in [2.05, 4.69) is 34.3 Å². The molecule has 2 rings (SSSR count). The molecule has 0 atom stereocenters. The largest absolute Gasteiger partial charge is 0.378 e. The molecule has 0 saturated carbocycles. The topological polar surface area (TPSA) is 41.4 Å². The van der Waals surface area contributed by atoms with Gasteiger partial charge in [0, 0.05) is 39.9 Å². The number of carbonyl (C=O) groups excluding carboxylic acids is 1. The summed E-state index contributed by atoms with van der Waals surface area (Å²) in [7, 11) is 5.84. The van der Waals surface area contributed by atoms with E-state index in [1.807, 2.05) is 38.9 Å². The third kappa shape index (κ3) is 3.47. The van der Waals surface area contributed by atoms with Gasteiger partial charge in [-0.3, -0.25) is 9.48 Å². The van der Waals surface area contributed by atoms with Gasteiger partial charge in [-0.15, -0.1) is 0 Å². The fraction of sp³-hybridized carbons (Fsp3) is 0.412. The van der Waals surface area contributed by atoms with E-state index in [0.29, 0.717) is 18.8 Å². The number of amides is 1. The maximum Gasteiger partial charge on any atom is 0.272 e. The lowest BCUT2D eigenvalue weighted by molar-refractivity contribution is 0.0741. The Balaban J connectivity index is 2.15. The van der Waals surface area contributed by atoms with E-state index in [1.54, 1.807) is 11.7 Å². The second-order valence-corrected chi connectivity index (χ2v) is 5.67. The van der Waals surface area contributed by atoms with Crippen LogP contribution in [-0.2, 0) is 13.6 Å². The van der Waals surface area contributed by atoms with Gasteiger partial charge in [0.2, 0.25) is 0 Å². The first-order valence-electron chi connectivity index (χ1n) is 7.48. The number of benzene rings is 1. The van der Waals surface area contributed by atoms with Crippen LogP contribution in [0.25, 0.3) is 0 Å². The average Bonchev–Trinajstić information content (AvgIpc) is 2.83. The van der Waals surface area contributed by atoms with Gasteiger partial charge in [0.05, 0.1) is 5.69 Å². The van der Waals surface area contributed by atoms with Gasteiger partial charge >= 0.3 is 0 Å². The number of aryl methyl sites for hydroxylation is 2. The van der Waals surface area contributed by atoms with Crippen molar-refractivity contribution in [1.82, 2.24) is 14.7 Å². The van der Waals surface area contributed by atoms with Crippen molar-refractivity contribution in [3.63, 3.8) is 0 Å². The van der Waals surface area contributed by atoms with Crippen LogP contribution in [0.5, 0.6) is 0 Å². The number of aromatic nitrogens is 2. The van der Waals surface area contributed by atoms with Crippen molar-refractivity contribution in [2.45, 2.75) is 20.4 Å². The van der Waals surface area contributed by atoms with E-state index in [4.69, 9.17) is 0 Å². The zero-order valence-electron chi connectivity index (χ0n) is 14.0. The molecule has 1 amide bonds. The molecule has 0 bridgehead atoms. The van der Waals surface area contributed by atoms with E-state index >= 15 is 0 Å². The van der Waals surface area contributed by atoms with Crippen LogP contribution in [0.3, 0.4) is 0 Å². The molecule has 5 heteroatoms. The van der Waals surface area contributed by atoms with Crippen LogP contribution >= 0.6 is 0 Å². The molecule has 22 heavy (non-hydrogen) atoms. The van der Waals surface area contributed by atoms with E-state index in [0.717, 1.165) is 16.9 Å². The van der Waals surface area contributed by atoms with Crippen LogP contribution in [0.1, 0.15) is 28.7 Å². The van der Waals surface area contributed by atoms with Crippen LogP contribution < -0.4 is 4.90 Å². The van der Waals surface area contributed by atoms with E-state index in [9.17, 15) is 4.79 Å². The van der Waals surface area contributed by atoms with Gasteiger partial charge in [0.25, 0.3) is 5.91 Å². The van der Waals surface area contributed by atoms with Crippen molar-refractivity contribution in [3.05, 3.63) is 47.3 Å². The summed E-state index contributed by atoms with van der Waals surface area (Å²) >= 11 is 0. The van der Waals surface area contributed by atoms with Crippen molar-refractivity contribution < 1.29 is 4.79 Å². The molecule has 0 aliphatic carbocycles. The lowest BCUT2D eigenvalue weighted by atomic mass is 10.1. The summed E-state index contributed by atoms with van der Waals surface area (Å²) in [5, 5.41) is 4.25. The summed E-state index contributed by atoms with van der Waals surface area (Å²) in [6.45, 7) is 5.16. The molecule has 2 aromatic rings. The Morgan fingerprint density at radius 3 is 2.32 bits per heavy atom. The van der Waals surface area contributed by atoms with Gasteiger partial charge in [-0.1, -0.05) is 12.1 Å². The van der Waals surface area contributed by atoms with Gasteiger partial charge in [-0.05, 0) is 37.6 Å². The van der Waals surface area contributed by atoms with E-state index in [-0.39, 0.29) is 5.91 Å². The molecule has 5 nitrogen and oxygen atoms in total. The number of rotatable bonds is 5. The summed E-state index contributed by atoms with van der Waals surface area (Å²) < 4.78 is 1.65. The van der Waals surface area contributed by atoms with Crippen molar-refractivity contribution in [3.8, 4) is 0 Å². The van der Waals surface area contributed by atoms with Crippen molar-refractivity contribution in [1.29, 1.82) is 0 Å². The van der Waals surface area contributed by atoms with Gasteiger partial charge in [-0.2, -0.15) is 5.10 Å². The van der Waals surface area contributed by atoms with Crippen LogP contribution in [-0.4, -0.2) is 41.2 Å². The molecule has 118 valence electrons. The minimum atomic E-state index is 0.0160. The second-order valence-electron chi connectivity index (χ2n) is 5.67. The normalized spacial score (nSPS) is 10.6. The minimum Gasteiger partial charge on any atom is -0.378 e. The molecule has 1 aromatic carbocycles. The maximum absolute atomic E-state index is 12.6. The van der Waals surface area contributed by atoms with Crippen LogP contribution in [0.4, 0.5) is 5.69 Å². The Labute approximate surface area is 132 Å². The highest BCUT2D eigenvalue weighted by Gasteiger charge is 2.18. The Kier molecular flexibility index (Phi) is 4.85. The average molecular weight is 300 g/mol. The quantitative estimate of drug-likeness (QED) is 0.852. The summed E-state index contributed by atoms with van der Waals surface area (Å²) in [6, 6.07) is 10.1. The first-order valence-corrected chi connectivity index (χ1v) is 7.48. The highest BCUT2D eigenvalue weighted by molar-refractivity contribution is 5.92. The Morgan fingerprint density at radius 1 is 1.23 bits per heavy atom. The third-order valence-corrected chi connectivity index (χ3v) is 3.72. The van der Waals surface area contributed by atoms with Gasteiger partial charge < -0.3 is 9.80 Å². The molecule has 0 unspecified atom stereocenters. The van der Waals surface area contributed by atoms with Gasteiger partial charge in [0.1, 0.15) is 5.69 Å². The van der Waals surface area contributed by atoms with Gasteiger partial charge in [-0.25, -0.2) is 0 Å². The molecule has 0 fully saturated rings. The fourth-order valence-corrected chi connectivity index (χ4v) is 2.42. The summed E-state index contributed by atoms with van der Waals surface area (Å²) in [4.78, 5) is 16.5. The summed E-state index contributed by atoms with van der Waals surface area (Å²) in [5.74, 6) is 0.0160. The number of carbonyl (C=O) groups is 1. The van der Waals surface area contributed by atoms with Crippen molar-refractivity contribution in [2.24, 2.45) is 7.05 Å². The van der Waals surface area contributed by atoms with Crippen LogP contribution in [0.2, 0.25) is 0 Å². The Bertz CT molecular complexity index is 643. The molecule has 0 saturated heterocycles. The Morgan fingerprint density at radius 2 is 1.86 bits per heavy atom. The van der Waals surface area contributed by atoms with Gasteiger partial charge in [0.15, 0.2) is 0 Å². The molecular formula is C17H24N4O. The number of anilines is 1. The first kappa shape index (κ1) is 16.1. The smallest absolute Gasteiger partial charge is 0.272 e. The predicted octanol–water partition coefficient (Wildman–Crippen LogP) is 2.46. The van der Waals surface area contributed by atoms with E-state index < -0.39 is 0 Å². The molecule has 0 spiro atoms. The lowest BCUT2D eigenvalue weighted by Crippen LogP contribution is -2.31. The van der Waals surface area contributed by atoms with Crippen molar-refractivity contribution in [2.75, 3.05) is 25.5 Å². The molecule has 1 aromatic heterocycles. The zero-order valence-corrected chi connectivity index (χ0v) is 14.0. The summed E-state index contributed by atoms with van der Waals surface area (Å²) in [5.41, 5.74) is 3.77. The number of hydrogen-bond donors (Lipinski definition) is 0. The Hall–Kier alpha value is -2.30. The summed E-state index contributed by atoms with van der Waals surface area (Å²) in [6.07, 6.45) is 0. The molecular weight excluding hydrogens is 276 g/mol. The fourth-order valence-electron chi connectivity index (χ4n) is 2.42. The monoisotopic (exact) mass is 300 g/mol. The third-order valence-electron chi connectivity index (χ3n) is 3.72. The highest BCUT2D eigenvalue weighted by atomic mass is 16.2. The number of hydrogen-bond acceptors (Lipinski definition) is 3. The number of nitrogens with zero attached hydrogens (tertiary/aromatic N) is 4. The van der Waals surface area contributed by atoms with Crippen molar-refractivity contribution >= 4 is 11.6 Å². The predicted molar refractivity (Wildman–Crippen MR) is 89.1 cm³/mol. The highest BCUT2D eigenvalue weighted by Crippen LogP contribution is 2.15. The SMILES string of the molecule is CCN(Cc1ccc(N(C)C)cc1)C(=O)c1cc(C)nn1C. The molecule has 0 radical (unpaired) electrons. The lowest BCUT2D eigenvalue weighted by Gasteiger charge is -2.21. The van der Waals surface area contributed by atoms with Crippen LogP contribution in [0.15, 0.2) is 30.3 Å². The minimum absolute atomic E-state index is 0.0160. The maximum atomic E-state index is 12.6.